The van der Waals surface area contributed by atoms with Crippen LogP contribution in [0, 0.1) is 0 Å². The Bertz CT molecular complexity index is 191. The fourth-order valence-electron chi connectivity index (χ4n) is 0.467. The standard InChI is InChI=1S/C4H5Cl2N3O/c1-10-3-2-7-9(6)8-4(3)5/h2,8H,1H3. The van der Waals surface area contributed by atoms with Crippen molar-refractivity contribution in [3.8, 4) is 0 Å². The maximum atomic E-state index is 5.60. The topological polar surface area (TPSA) is 36.9 Å². The Morgan fingerprint density at radius 3 is 3.00 bits per heavy atom. The van der Waals surface area contributed by atoms with Gasteiger partial charge in [-0.1, -0.05) is 11.6 Å². The number of hydrogen-bond acceptors (Lipinski definition) is 4. The van der Waals surface area contributed by atoms with E-state index in [0.717, 1.165) is 4.64 Å². The summed E-state index contributed by atoms with van der Waals surface area (Å²) < 4.78 is 5.77. The first kappa shape index (κ1) is 7.50. The molecule has 1 rings (SSSR count). The average Bonchev–Trinajstić information content (AvgIpc) is 1.88. The number of nitrogens with zero attached hydrogens (tertiary/aromatic N) is 2. The third-order valence-corrected chi connectivity index (χ3v) is 1.35. The van der Waals surface area contributed by atoms with Crippen LogP contribution in [-0.2, 0) is 4.74 Å². The first-order valence-electron chi connectivity index (χ1n) is 2.44. The van der Waals surface area contributed by atoms with Crippen LogP contribution in [0.5, 0.6) is 0 Å². The Balaban J connectivity index is 2.73. The fraction of sp³-hybridized carbons (Fsp3) is 0.250. The molecule has 0 unspecified atom stereocenters. The van der Waals surface area contributed by atoms with Gasteiger partial charge in [-0.3, -0.25) is 5.43 Å². The second-order valence-electron chi connectivity index (χ2n) is 1.50. The van der Waals surface area contributed by atoms with Crippen LogP contribution in [0.4, 0.5) is 0 Å². The lowest BCUT2D eigenvalue weighted by Crippen LogP contribution is -2.27. The van der Waals surface area contributed by atoms with Gasteiger partial charge >= 0.3 is 0 Å². The molecule has 0 saturated heterocycles. The highest BCUT2D eigenvalue weighted by atomic mass is 35.5. The predicted molar refractivity (Wildman–Crippen MR) is 39.2 cm³/mol. The first-order chi connectivity index (χ1) is 4.74. The molecule has 10 heavy (non-hydrogen) atoms. The third-order valence-electron chi connectivity index (χ3n) is 0.903. The number of allylic oxidation sites excluding steroid dienone is 1. The van der Waals surface area contributed by atoms with Crippen molar-refractivity contribution in [3.05, 3.63) is 10.9 Å². The second kappa shape index (κ2) is 2.98. The van der Waals surface area contributed by atoms with Crippen LogP contribution in [0.2, 0.25) is 0 Å². The molecule has 0 bridgehead atoms. The molecule has 0 aromatic heterocycles. The summed E-state index contributed by atoms with van der Waals surface area (Å²) in [6.45, 7) is 0. The largest absolute Gasteiger partial charge is 0.492 e. The van der Waals surface area contributed by atoms with Crippen molar-refractivity contribution in [2.45, 2.75) is 0 Å². The van der Waals surface area contributed by atoms with Crippen molar-refractivity contribution in [1.82, 2.24) is 10.1 Å². The Hall–Kier alpha value is -0.610. The van der Waals surface area contributed by atoms with E-state index in [1.165, 1.54) is 13.3 Å². The molecule has 0 spiro atoms. The summed E-state index contributed by atoms with van der Waals surface area (Å²) in [5.74, 6) is 0.457. The van der Waals surface area contributed by atoms with Gasteiger partial charge in [0.25, 0.3) is 0 Å². The van der Waals surface area contributed by atoms with E-state index in [-0.39, 0.29) is 0 Å². The number of hydrazine groups is 1. The molecular formula is C4H5Cl2N3O. The molecule has 4 nitrogen and oxygen atoms in total. The number of halogens is 2. The third kappa shape index (κ3) is 1.46. The first-order valence-corrected chi connectivity index (χ1v) is 3.16. The van der Waals surface area contributed by atoms with Gasteiger partial charge in [0.2, 0.25) is 0 Å². The normalized spacial score (nSPS) is 17.3. The summed E-state index contributed by atoms with van der Waals surface area (Å²) in [5, 5.41) is 3.94. The molecule has 6 heteroatoms. The van der Waals surface area contributed by atoms with Crippen LogP contribution in [0.1, 0.15) is 0 Å². The number of hydrogen-bond donors (Lipinski definition) is 1. The van der Waals surface area contributed by atoms with Gasteiger partial charge < -0.3 is 4.74 Å². The minimum atomic E-state index is 0.313. The highest BCUT2D eigenvalue weighted by Gasteiger charge is 2.09. The van der Waals surface area contributed by atoms with Crippen molar-refractivity contribution in [2.24, 2.45) is 5.10 Å². The van der Waals surface area contributed by atoms with Gasteiger partial charge in [-0.25, -0.2) is 0 Å². The Morgan fingerprint density at radius 1 is 1.80 bits per heavy atom. The number of hydrazone groups is 1. The number of ether oxygens (including phenoxy) is 1. The number of methoxy groups -OCH3 is 1. The molecule has 0 aromatic rings. The van der Waals surface area contributed by atoms with Crippen molar-refractivity contribution >= 4 is 29.6 Å². The van der Waals surface area contributed by atoms with Gasteiger partial charge in [0, 0.05) is 0 Å². The van der Waals surface area contributed by atoms with Crippen LogP contribution in [0.25, 0.3) is 0 Å². The zero-order chi connectivity index (χ0) is 7.56. The van der Waals surface area contributed by atoms with Crippen LogP contribution in [0.3, 0.4) is 0 Å². The summed E-state index contributed by atoms with van der Waals surface area (Å²) in [4.78, 5) is 0. The molecule has 0 atom stereocenters. The maximum absolute atomic E-state index is 5.60. The van der Waals surface area contributed by atoms with Crippen molar-refractivity contribution in [3.63, 3.8) is 0 Å². The van der Waals surface area contributed by atoms with Crippen LogP contribution < -0.4 is 5.43 Å². The zero-order valence-electron chi connectivity index (χ0n) is 5.14. The molecule has 0 saturated carbocycles. The lowest BCUT2D eigenvalue weighted by atomic mass is 10.6. The van der Waals surface area contributed by atoms with Crippen molar-refractivity contribution < 1.29 is 4.74 Å². The van der Waals surface area contributed by atoms with E-state index in [9.17, 15) is 0 Å². The van der Waals surface area contributed by atoms with Gasteiger partial charge in [0.1, 0.15) is 0 Å². The molecule has 0 aliphatic carbocycles. The summed E-state index contributed by atoms with van der Waals surface area (Å²) in [5.41, 5.74) is 2.50. The smallest absolute Gasteiger partial charge is 0.175 e. The Morgan fingerprint density at radius 2 is 2.50 bits per heavy atom. The monoisotopic (exact) mass is 181 g/mol. The van der Waals surface area contributed by atoms with Gasteiger partial charge in [-0.15, -0.1) is 9.74 Å². The molecule has 56 valence electrons. The lowest BCUT2D eigenvalue weighted by Gasteiger charge is -2.16. The maximum Gasteiger partial charge on any atom is 0.175 e. The van der Waals surface area contributed by atoms with Crippen LogP contribution >= 0.6 is 23.4 Å². The van der Waals surface area contributed by atoms with Crippen molar-refractivity contribution in [2.75, 3.05) is 7.11 Å². The molecule has 0 fully saturated rings. The van der Waals surface area contributed by atoms with E-state index >= 15 is 0 Å². The molecule has 1 aliphatic rings. The van der Waals surface area contributed by atoms with Gasteiger partial charge in [0.15, 0.2) is 10.9 Å². The second-order valence-corrected chi connectivity index (χ2v) is 2.20. The molecule has 1 aliphatic heterocycles. The summed E-state index contributed by atoms with van der Waals surface area (Å²) in [6.07, 6.45) is 1.41. The predicted octanol–water partition coefficient (Wildman–Crippen LogP) is 1.00. The van der Waals surface area contributed by atoms with E-state index < -0.39 is 0 Å². The Labute approximate surface area is 68.1 Å². The van der Waals surface area contributed by atoms with E-state index in [2.05, 4.69) is 10.5 Å². The lowest BCUT2D eigenvalue weighted by molar-refractivity contribution is 0.292. The zero-order valence-corrected chi connectivity index (χ0v) is 6.65. The summed E-state index contributed by atoms with van der Waals surface area (Å²) in [6, 6.07) is 0. The van der Waals surface area contributed by atoms with E-state index in [0.29, 0.717) is 10.9 Å². The summed E-state index contributed by atoms with van der Waals surface area (Å²) in [7, 11) is 1.50. The van der Waals surface area contributed by atoms with E-state index in [1.807, 2.05) is 0 Å². The van der Waals surface area contributed by atoms with E-state index in [4.69, 9.17) is 28.1 Å². The number of nitrogens with one attached hydrogen (secondary N) is 1. The molecule has 0 aromatic carbocycles. The molecular weight excluding hydrogens is 177 g/mol. The minimum absolute atomic E-state index is 0.313. The van der Waals surface area contributed by atoms with Crippen LogP contribution in [-0.4, -0.2) is 18.0 Å². The quantitative estimate of drug-likeness (QED) is 0.485. The minimum Gasteiger partial charge on any atom is -0.492 e. The molecule has 1 N–H and O–H groups in total. The highest BCUT2D eigenvalue weighted by Crippen LogP contribution is 2.11. The van der Waals surface area contributed by atoms with Crippen LogP contribution in [0.15, 0.2) is 16.0 Å². The average molecular weight is 182 g/mol. The van der Waals surface area contributed by atoms with E-state index in [1.54, 1.807) is 0 Å². The van der Waals surface area contributed by atoms with Gasteiger partial charge in [-0.2, -0.15) is 0 Å². The van der Waals surface area contributed by atoms with Gasteiger partial charge in [0.05, 0.1) is 25.1 Å². The fourth-order valence-corrected chi connectivity index (χ4v) is 0.844. The molecule has 0 radical (unpaired) electrons. The number of rotatable bonds is 1. The van der Waals surface area contributed by atoms with Gasteiger partial charge in [-0.05, 0) is 0 Å². The molecule has 0 amide bonds. The van der Waals surface area contributed by atoms with Crippen molar-refractivity contribution in [1.29, 1.82) is 0 Å². The summed E-state index contributed by atoms with van der Waals surface area (Å²) >= 11 is 11.0. The SMILES string of the molecule is COC1=C(Cl)NN(Cl)N=C1. The highest BCUT2D eigenvalue weighted by molar-refractivity contribution is 6.31. The molecule has 1 heterocycles. The Kier molecular flexibility index (Phi) is 2.24.